The van der Waals surface area contributed by atoms with Crippen molar-refractivity contribution in [2.75, 3.05) is 5.32 Å². The maximum absolute atomic E-state index is 12.0. The lowest BCUT2D eigenvalue weighted by Crippen LogP contribution is -2.14. The van der Waals surface area contributed by atoms with E-state index in [9.17, 15) is 14.9 Å². The molecule has 0 unspecified atom stereocenters. The Morgan fingerprint density at radius 1 is 1.38 bits per heavy atom. The van der Waals surface area contributed by atoms with Crippen LogP contribution in [-0.2, 0) is 0 Å². The van der Waals surface area contributed by atoms with Gasteiger partial charge in [-0.1, -0.05) is 0 Å². The van der Waals surface area contributed by atoms with Gasteiger partial charge in [0.2, 0.25) is 0 Å². The standard InChI is InChI=1S/C13H7BrN4O3/c14-10-3-2-9(18(20)21)5-12(10)17-13(19)11-4-1-8(6-15)7-16-11/h1-5,7H,(H,17,19). The Kier molecular flexibility index (Phi) is 4.25. The predicted octanol–water partition coefficient (Wildman–Crippen LogP) is 2.88. The van der Waals surface area contributed by atoms with E-state index in [1.165, 1.54) is 36.5 Å². The van der Waals surface area contributed by atoms with Gasteiger partial charge in [0.25, 0.3) is 11.6 Å². The average Bonchev–Trinajstić information content (AvgIpc) is 2.49. The normalized spacial score (nSPS) is 9.71. The van der Waals surface area contributed by atoms with E-state index in [0.29, 0.717) is 10.0 Å². The number of halogens is 1. The molecule has 0 saturated heterocycles. The number of nitro groups is 1. The molecule has 0 radical (unpaired) electrons. The number of rotatable bonds is 3. The number of hydrogen-bond donors (Lipinski definition) is 1. The number of hydrogen-bond acceptors (Lipinski definition) is 5. The molecule has 0 atom stereocenters. The van der Waals surface area contributed by atoms with Crippen molar-refractivity contribution in [1.29, 1.82) is 5.26 Å². The van der Waals surface area contributed by atoms with Crippen LogP contribution in [0.25, 0.3) is 0 Å². The van der Waals surface area contributed by atoms with Gasteiger partial charge in [-0.2, -0.15) is 5.26 Å². The summed E-state index contributed by atoms with van der Waals surface area (Å²) in [6.45, 7) is 0. The molecular weight excluding hydrogens is 340 g/mol. The number of aromatic nitrogens is 1. The molecule has 0 aliphatic rings. The fraction of sp³-hybridized carbons (Fsp3) is 0. The number of pyridine rings is 1. The summed E-state index contributed by atoms with van der Waals surface area (Å²) >= 11 is 3.20. The summed E-state index contributed by atoms with van der Waals surface area (Å²) in [5, 5.41) is 21.9. The smallest absolute Gasteiger partial charge is 0.274 e. The molecule has 21 heavy (non-hydrogen) atoms. The molecule has 7 nitrogen and oxygen atoms in total. The van der Waals surface area contributed by atoms with Crippen LogP contribution in [0, 0.1) is 21.4 Å². The fourth-order valence-corrected chi connectivity index (χ4v) is 1.85. The number of nitrogens with one attached hydrogen (secondary N) is 1. The van der Waals surface area contributed by atoms with Crippen LogP contribution in [0.15, 0.2) is 41.0 Å². The van der Waals surface area contributed by atoms with Crippen molar-refractivity contribution in [2.45, 2.75) is 0 Å². The molecule has 1 aromatic carbocycles. The van der Waals surface area contributed by atoms with Crippen LogP contribution >= 0.6 is 15.9 Å². The second-order valence-corrected chi connectivity index (χ2v) is 4.77. The highest BCUT2D eigenvalue weighted by Gasteiger charge is 2.13. The van der Waals surface area contributed by atoms with E-state index in [-0.39, 0.29) is 17.1 Å². The zero-order valence-corrected chi connectivity index (χ0v) is 12.0. The van der Waals surface area contributed by atoms with Gasteiger partial charge in [0.1, 0.15) is 11.8 Å². The number of nitro benzene ring substituents is 1. The lowest BCUT2D eigenvalue weighted by atomic mass is 10.2. The molecule has 0 fully saturated rings. The van der Waals surface area contributed by atoms with Crippen molar-refractivity contribution in [2.24, 2.45) is 0 Å². The SMILES string of the molecule is N#Cc1ccc(C(=O)Nc2cc([N+](=O)[O-])ccc2Br)nc1. The van der Waals surface area contributed by atoms with Gasteiger partial charge in [-0.3, -0.25) is 14.9 Å². The summed E-state index contributed by atoms with van der Waals surface area (Å²) in [6.07, 6.45) is 1.28. The summed E-state index contributed by atoms with van der Waals surface area (Å²) in [6, 6.07) is 8.79. The first-order valence-corrected chi connectivity index (χ1v) is 6.42. The molecular formula is C13H7BrN4O3. The van der Waals surface area contributed by atoms with E-state index >= 15 is 0 Å². The van der Waals surface area contributed by atoms with Crippen molar-refractivity contribution in [3.63, 3.8) is 0 Å². The first kappa shape index (κ1) is 14.6. The van der Waals surface area contributed by atoms with Crippen LogP contribution in [0.5, 0.6) is 0 Å². The highest BCUT2D eigenvalue weighted by molar-refractivity contribution is 9.10. The van der Waals surface area contributed by atoms with Gasteiger partial charge in [-0.25, -0.2) is 4.98 Å². The minimum atomic E-state index is -0.554. The fourth-order valence-electron chi connectivity index (χ4n) is 1.50. The largest absolute Gasteiger partial charge is 0.319 e. The van der Waals surface area contributed by atoms with E-state index in [1.54, 1.807) is 0 Å². The minimum Gasteiger partial charge on any atom is -0.319 e. The molecule has 2 rings (SSSR count). The zero-order valence-electron chi connectivity index (χ0n) is 10.4. The summed E-state index contributed by atoms with van der Waals surface area (Å²) < 4.78 is 0.509. The Labute approximate surface area is 127 Å². The maximum atomic E-state index is 12.0. The lowest BCUT2D eigenvalue weighted by Gasteiger charge is -2.06. The van der Waals surface area contributed by atoms with Gasteiger partial charge in [-0.05, 0) is 34.1 Å². The van der Waals surface area contributed by atoms with Crippen molar-refractivity contribution in [3.8, 4) is 6.07 Å². The van der Waals surface area contributed by atoms with Crippen LogP contribution in [0.1, 0.15) is 16.1 Å². The number of amides is 1. The molecule has 1 aromatic heterocycles. The van der Waals surface area contributed by atoms with Crippen LogP contribution in [0.4, 0.5) is 11.4 Å². The Bertz CT molecular complexity index is 753. The topological polar surface area (TPSA) is 109 Å². The highest BCUT2D eigenvalue weighted by Crippen LogP contribution is 2.27. The number of carbonyl (C=O) groups is 1. The van der Waals surface area contributed by atoms with E-state index in [0.717, 1.165) is 0 Å². The van der Waals surface area contributed by atoms with Crippen molar-refractivity contribution in [3.05, 3.63) is 62.4 Å². The zero-order chi connectivity index (χ0) is 15.4. The van der Waals surface area contributed by atoms with E-state index in [4.69, 9.17) is 5.26 Å². The number of carbonyl (C=O) groups excluding carboxylic acids is 1. The third-order valence-corrected chi connectivity index (χ3v) is 3.23. The number of nitrogens with zero attached hydrogens (tertiary/aromatic N) is 3. The van der Waals surface area contributed by atoms with Gasteiger partial charge in [0.05, 0.1) is 16.2 Å². The molecule has 1 amide bonds. The quantitative estimate of drug-likeness (QED) is 0.678. The van der Waals surface area contributed by atoms with Gasteiger partial charge >= 0.3 is 0 Å². The molecule has 0 saturated carbocycles. The number of anilines is 1. The van der Waals surface area contributed by atoms with Gasteiger partial charge in [0.15, 0.2) is 0 Å². The average molecular weight is 347 g/mol. The molecule has 2 aromatic rings. The predicted molar refractivity (Wildman–Crippen MR) is 77.7 cm³/mol. The Hall–Kier alpha value is -2.79. The van der Waals surface area contributed by atoms with Gasteiger partial charge in [0, 0.05) is 22.8 Å². The van der Waals surface area contributed by atoms with Gasteiger partial charge in [-0.15, -0.1) is 0 Å². The summed E-state index contributed by atoms with van der Waals surface area (Å²) in [5.41, 5.74) is 0.567. The molecule has 104 valence electrons. The first-order chi connectivity index (χ1) is 10.0. The number of nitriles is 1. The van der Waals surface area contributed by atoms with Crippen molar-refractivity contribution in [1.82, 2.24) is 4.98 Å². The summed E-state index contributed by atoms with van der Waals surface area (Å²) in [5.74, 6) is -0.527. The molecule has 0 aliphatic carbocycles. The Balaban J connectivity index is 2.24. The van der Waals surface area contributed by atoms with E-state index in [1.807, 2.05) is 6.07 Å². The minimum absolute atomic E-state index is 0.104. The Morgan fingerprint density at radius 2 is 2.14 bits per heavy atom. The monoisotopic (exact) mass is 346 g/mol. The van der Waals surface area contributed by atoms with Crippen LogP contribution in [0.2, 0.25) is 0 Å². The van der Waals surface area contributed by atoms with Crippen molar-refractivity contribution < 1.29 is 9.72 Å². The third kappa shape index (κ3) is 3.40. The van der Waals surface area contributed by atoms with E-state index < -0.39 is 10.8 Å². The molecule has 1 N–H and O–H groups in total. The summed E-state index contributed by atoms with van der Waals surface area (Å²) in [7, 11) is 0. The molecule has 0 bridgehead atoms. The summed E-state index contributed by atoms with van der Waals surface area (Å²) in [4.78, 5) is 26.0. The highest BCUT2D eigenvalue weighted by atomic mass is 79.9. The van der Waals surface area contributed by atoms with Crippen LogP contribution in [-0.4, -0.2) is 15.8 Å². The number of non-ortho nitro benzene ring substituents is 1. The second-order valence-electron chi connectivity index (χ2n) is 3.92. The molecule has 0 spiro atoms. The lowest BCUT2D eigenvalue weighted by molar-refractivity contribution is -0.384. The van der Waals surface area contributed by atoms with Crippen molar-refractivity contribution >= 4 is 33.2 Å². The van der Waals surface area contributed by atoms with E-state index in [2.05, 4.69) is 26.2 Å². The Morgan fingerprint density at radius 3 is 2.71 bits per heavy atom. The number of benzene rings is 1. The molecule has 8 heteroatoms. The molecule has 0 aliphatic heterocycles. The second kappa shape index (κ2) is 6.11. The molecule has 1 heterocycles. The third-order valence-electron chi connectivity index (χ3n) is 2.53. The van der Waals surface area contributed by atoms with Crippen LogP contribution in [0.3, 0.4) is 0 Å². The van der Waals surface area contributed by atoms with Crippen LogP contribution < -0.4 is 5.32 Å². The first-order valence-electron chi connectivity index (χ1n) is 5.62. The van der Waals surface area contributed by atoms with Gasteiger partial charge < -0.3 is 5.32 Å². The maximum Gasteiger partial charge on any atom is 0.274 e.